The molecule has 0 aliphatic heterocycles. The van der Waals surface area contributed by atoms with Crippen molar-refractivity contribution >= 4 is 28.2 Å². The Hall–Kier alpha value is -2.93. The highest BCUT2D eigenvalue weighted by molar-refractivity contribution is 7.13. The van der Waals surface area contributed by atoms with E-state index in [1.807, 2.05) is 23.6 Å². The summed E-state index contributed by atoms with van der Waals surface area (Å²) in [6.07, 6.45) is 1.74. The molecule has 0 saturated heterocycles. The molecule has 22 heavy (non-hydrogen) atoms. The fraction of sp³-hybridized carbons (Fsp3) is 0. The summed E-state index contributed by atoms with van der Waals surface area (Å²) < 4.78 is 1.56. The summed E-state index contributed by atoms with van der Waals surface area (Å²) >= 11 is 1.55. The van der Waals surface area contributed by atoms with Crippen LogP contribution in [0.1, 0.15) is 0 Å². The van der Waals surface area contributed by atoms with Crippen molar-refractivity contribution in [2.24, 2.45) is 0 Å². The predicted molar refractivity (Wildman–Crippen MR) is 86.1 cm³/mol. The second kappa shape index (κ2) is 4.81. The molecule has 0 fully saturated rings. The van der Waals surface area contributed by atoms with E-state index in [2.05, 4.69) is 15.1 Å². The fourth-order valence-corrected chi connectivity index (χ4v) is 2.89. The lowest BCUT2D eigenvalue weighted by Gasteiger charge is -2.02. The largest absolute Gasteiger partial charge is 0.506 e. The lowest BCUT2D eigenvalue weighted by molar-refractivity contribution is 0.470. The monoisotopic (exact) mass is 309 g/mol. The summed E-state index contributed by atoms with van der Waals surface area (Å²) in [5.41, 5.74) is 7.73. The van der Waals surface area contributed by atoms with E-state index in [9.17, 15) is 5.11 Å². The molecule has 108 valence electrons. The van der Waals surface area contributed by atoms with Crippen LogP contribution >= 0.6 is 11.3 Å². The van der Waals surface area contributed by atoms with Crippen molar-refractivity contribution < 1.29 is 5.11 Å². The van der Waals surface area contributed by atoms with Gasteiger partial charge in [-0.15, -0.1) is 11.3 Å². The number of para-hydroxylation sites is 2. The number of nitrogen functional groups attached to an aromatic ring is 1. The molecule has 4 rings (SSSR count). The SMILES string of the molecule is Nc1nc(-c2cccs2)nc2cn(-c3ccccc3O)nc12. The Bertz CT molecular complexity index is 961. The van der Waals surface area contributed by atoms with Crippen molar-refractivity contribution in [3.8, 4) is 22.1 Å². The maximum absolute atomic E-state index is 9.94. The summed E-state index contributed by atoms with van der Waals surface area (Å²) in [4.78, 5) is 9.77. The van der Waals surface area contributed by atoms with Crippen molar-refractivity contribution in [3.05, 3.63) is 48.0 Å². The van der Waals surface area contributed by atoms with Gasteiger partial charge in [-0.05, 0) is 23.6 Å². The minimum atomic E-state index is 0.139. The second-order valence-corrected chi connectivity index (χ2v) is 5.65. The van der Waals surface area contributed by atoms with Crippen molar-refractivity contribution in [3.63, 3.8) is 0 Å². The lowest BCUT2D eigenvalue weighted by atomic mass is 10.3. The van der Waals surface area contributed by atoms with E-state index in [-0.39, 0.29) is 5.75 Å². The van der Waals surface area contributed by atoms with E-state index in [0.717, 1.165) is 4.88 Å². The zero-order valence-electron chi connectivity index (χ0n) is 11.3. The van der Waals surface area contributed by atoms with Crippen LogP contribution in [0.2, 0.25) is 0 Å². The van der Waals surface area contributed by atoms with Crippen LogP contribution in [0, 0.1) is 0 Å². The van der Waals surface area contributed by atoms with Gasteiger partial charge in [-0.1, -0.05) is 18.2 Å². The van der Waals surface area contributed by atoms with E-state index in [4.69, 9.17) is 5.73 Å². The molecule has 3 heterocycles. The fourth-order valence-electron chi connectivity index (χ4n) is 2.23. The number of benzene rings is 1. The Balaban J connectivity index is 1.91. The summed E-state index contributed by atoms with van der Waals surface area (Å²) in [6.45, 7) is 0. The number of rotatable bonds is 2. The van der Waals surface area contributed by atoms with Gasteiger partial charge >= 0.3 is 0 Å². The Labute approximate surface area is 129 Å². The average molecular weight is 309 g/mol. The van der Waals surface area contributed by atoms with E-state index < -0.39 is 0 Å². The van der Waals surface area contributed by atoms with Crippen LogP contribution in [0.25, 0.3) is 27.4 Å². The van der Waals surface area contributed by atoms with Crippen molar-refractivity contribution in [1.29, 1.82) is 0 Å². The standard InChI is InChI=1S/C15H11N5OS/c16-14-13-9(17-15(18-14)12-6-3-7-22-12)8-20(19-13)10-4-1-2-5-11(10)21/h1-8,21H,(H2,16,17,18). The highest BCUT2D eigenvalue weighted by atomic mass is 32.1. The molecule has 6 nitrogen and oxygen atoms in total. The number of hydrogen-bond donors (Lipinski definition) is 2. The molecule has 0 spiro atoms. The van der Waals surface area contributed by atoms with Gasteiger partial charge in [0, 0.05) is 0 Å². The highest BCUT2D eigenvalue weighted by Crippen LogP contribution is 2.27. The van der Waals surface area contributed by atoms with Crippen LogP contribution in [-0.4, -0.2) is 24.9 Å². The van der Waals surface area contributed by atoms with Crippen molar-refractivity contribution in [1.82, 2.24) is 19.7 Å². The number of thiophene rings is 1. The maximum Gasteiger partial charge on any atom is 0.172 e. The summed E-state index contributed by atoms with van der Waals surface area (Å²) in [7, 11) is 0. The van der Waals surface area contributed by atoms with Gasteiger partial charge < -0.3 is 10.8 Å². The Morgan fingerprint density at radius 3 is 2.73 bits per heavy atom. The van der Waals surface area contributed by atoms with Crippen LogP contribution in [0.5, 0.6) is 5.75 Å². The van der Waals surface area contributed by atoms with Crippen LogP contribution in [0.15, 0.2) is 48.0 Å². The first-order valence-electron chi connectivity index (χ1n) is 6.57. The quantitative estimate of drug-likeness (QED) is 0.594. The highest BCUT2D eigenvalue weighted by Gasteiger charge is 2.13. The molecular formula is C15H11N5OS. The summed E-state index contributed by atoms with van der Waals surface area (Å²) in [5, 5.41) is 16.3. The Kier molecular flexibility index (Phi) is 2.80. The first kappa shape index (κ1) is 12.8. The molecule has 0 aliphatic carbocycles. The third-order valence-corrected chi connectivity index (χ3v) is 4.13. The van der Waals surface area contributed by atoms with Crippen LogP contribution in [-0.2, 0) is 0 Å². The third kappa shape index (κ3) is 1.99. The number of nitrogens with zero attached hydrogens (tertiary/aromatic N) is 4. The normalized spacial score (nSPS) is 11.1. The molecule has 0 amide bonds. The third-order valence-electron chi connectivity index (χ3n) is 3.26. The van der Waals surface area contributed by atoms with Crippen LogP contribution < -0.4 is 5.73 Å². The van der Waals surface area contributed by atoms with Crippen LogP contribution in [0.3, 0.4) is 0 Å². The molecule has 0 unspecified atom stereocenters. The average Bonchev–Trinajstić information content (AvgIpc) is 3.17. The zero-order valence-corrected chi connectivity index (χ0v) is 12.2. The second-order valence-electron chi connectivity index (χ2n) is 4.71. The van der Waals surface area contributed by atoms with Crippen molar-refractivity contribution in [2.45, 2.75) is 0 Å². The first-order valence-corrected chi connectivity index (χ1v) is 7.45. The van der Waals surface area contributed by atoms with E-state index >= 15 is 0 Å². The molecule has 0 aliphatic rings. The molecule has 4 aromatic rings. The first-order chi connectivity index (χ1) is 10.7. The number of anilines is 1. The maximum atomic E-state index is 9.94. The topological polar surface area (TPSA) is 89.8 Å². The number of aromatic hydroxyl groups is 1. The molecule has 0 radical (unpaired) electrons. The van der Waals surface area contributed by atoms with Gasteiger partial charge in [0.2, 0.25) is 0 Å². The Morgan fingerprint density at radius 2 is 1.95 bits per heavy atom. The number of fused-ring (bicyclic) bond motifs is 1. The van der Waals surface area contributed by atoms with E-state index in [1.165, 1.54) is 0 Å². The smallest absolute Gasteiger partial charge is 0.172 e. The molecule has 0 atom stereocenters. The Morgan fingerprint density at radius 1 is 1.09 bits per heavy atom. The molecule has 0 saturated carbocycles. The number of aromatic nitrogens is 4. The van der Waals surface area contributed by atoms with Gasteiger partial charge in [-0.25, -0.2) is 14.6 Å². The summed E-state index contributed by atoms with van der Waals surface area (Å²) in [5.74, 6) is 1.04. The minimum Gasteiger partial charge on any atom is -0.506 e. The number of nitrogens with two attached hydrogens (primary N) is 1. The molecular weight excluding hydrogens is 298 g/mol. The van der Waals surface area contributed by atoms with E-state index in [1.54, 1.807) is 40.4 Å². The van der Waals surface area contributed by atoms with Gasteiger partial charge in [0.05, 0.1) is 11.1 Å². The minimum absolute atomic E-state index is 0.139. The predicted octanol–water partition coefficient (Wildman–Crippen LogP) is 2.83. The van der Waals surface area contributed by atoms with E-state index in [0.29, 0.717) is 28.4 Å². The number of hydrogen-bond acceptors (Lipinski definition) is 6. The van der Waals surface area contributed by atoms with Gasteiger partial charge in [-0.2, -0.15) is 5.10 Å². The molecule has 3 aromatic heterocycles. The van der Waals surface area contributed by atoms with Gasteiger partial charge in [0.15, 0.2) is 17.2 Å². The number of phenols is 1. The molecule has 7 heteroatoms. The van der Waals surface area contributed by atoms with Crippen molar-refractivity contribution in [2.75, 3.05) is 5.73 Å². The zero-order chi connectivity index (χ0) is 15.1. The molecule has 3 N–H and O–H groups in total. The number of phenolic OH excluding ortho intramolecular Hbond substituents is 1. The summed E-state index contributed by atoms with van der Waals surface area (Å²) in [6, 6.07) is 10.8. The van der Waals surface area contributed by atoms with Gasteiger partial charge in [0.25, 0.3) is 0 Å². The van der Waals surface area contributed by atoms with Gasteiger partial charge in [0.1, 0.15) is 17.0 Å². The molecule has 1 aromatic carbocycles. The lowest BCUT2D eigenvalue weighted by Crippen LogP contribution is -1.97. The molecule has 0 bridgehead atoms. The van der Waals surface area contributed by atoms with Crippen LogP contribution in [0.4, 0.5) is 5.82 Å². The van der Waals surface area contributed by atoms with Gasteiger partial charge in [-0.3, -0.25) is 0 Å².